The first-order valence-electron chi connectivity index (χ1n) is 10.2. The maximum Gasteiger partial charge on any atom is 0.416 e. The molecule has 1 atom stereocenters. The summed E-state index contributed by atoms with van der Waals surface area (Å²) < 4.78 is 99.6. The molecule has 0 bridgehead atoms. The lowest BCUT2D eigenvalue weighted by Gasteiger charge is -2.22. The summed E-state index contributed by atoms with van der Waals surface area (Å²) in [4.78, 5) is 15.9. The van der Waals surface area contributed by atoms with Gasteiger partial charge in [0.25, 0.3) is 0 Å². The van der Waals surface area contributed by atoms with Crippen LogP contribution in [0.2, 0.25) is 0 Å². The highest BCUT2D eigenvalue weighted by Gasteiger charge is 2.41. The van der Waals surface area contributed by atoms with Gasteiger partial charge in [0.1, 0.15) is 5.82 Å². The normalized spacial score (nSPS) is 13.0. The van der Waals surface area contributed by atoms with Crippen LogP contribution in [0, 0.1) is 5.82 Å². The van der Waals surface area contributed by atoms with Crippen LogP contribution < -0.4 is 5.32 Å². The Bertz CT molecular complexity index is 1340. The summed E-state index contributed by atoms with van der Waals surface area (Å²) in [6.45, 7) is 0. The van der Waals surface area contributed by atoms with E-state index >= 15 is 0 Å². The fourth-order valence-electron chi connectivity index (χ4n) is 3.47. The Morgan fingerprint density at radius 3 is 2.31 bits per heavy atom. The Morgan fingerprint density at radius 2 is 1.69 bits per heavy atom. The van der Waals surface area contributed by atoms with Gasteiger partial charge in [-0.1, -0.05) is 6.07 Å². The van der Waals surface area contributed by atoms with Crippen LogP contribution in [0.25, 0.3) is 11.5 Å². The van der Waals surface area contributed by atoms with Crippen molar-refractivity contribution in [2.24, 2.45) is 0 Å². The number of rotatable bonds is 6. The predicted molar refractivity (Wildman–Crippen MR) is 112 cm³/mol. The number of anilines is 1. The lowest BCUT2D eigenvalue weighted by molar-refractivity contribution is -0.143. The summed E-state index contributed by atoms with van der Waals surface area (Å²) in [5.74, 6) is -3.51. The summed E-state index contributed by atoms with van der Waals surface area (Å²) in [6, 6.07) is 7.00. The zero-order valence-corrected chi connectivity index (χ0v) is 17.9. The smallest absolute Gasteiger partial charge is 0.416 e. The van der Waals surface area contributed by atoms with Crippen LogP contribution in [-0.2, 0) is 23.6 Å². The number of carbonyl (C=O) groups excluding carboxylic acids is 1. The van der Waals surface area contributed by atoms with Crippen LogP contribution in [0.1, 0.15) is 28.5 Å². The molecule has 0 saturated heterocycles. The Hall–Kier alpha value is -4.16. The standard InChI is InChI=1S/C23H15F7N4O2/c24-14-2-4-15(5-3-14)32-20(35)17(10-19-33-34-21(36-19)12-7-8-31-11-12)16-6-1-13(22(25,26)27)9-18(16)23(28,29)30/h1-9,11,17,31H,10H2,(H,32,35). The van der Waals surface area contributed by atoms with Gasteiger partial charge in [-0.05, 0) is 48.0 Å². The monoisotopic (exact) mass is 512 g/mol. The number of aromatic nitrogens is 3. The van der Waals surface area contributed by atoms with Crippen LogP contribution in [-0.4, -0.2) is 21.1 Å². The maximum atomic E-state index is 13.8. The minimum Gasteiger partial charge on any atom is -0.421 e. The SMILES string of the molecule is O=C(Nc1ccc(F)cc1)C(Cc1nnc(-c2cc[nH]c2)o1)c1ccc(C(F)(F)F)cc1C(F)(F)F. The van der Waals surface area contributed by atoms with Crippen molar-refractivity contribution in [2.45, 2.75) is 24.7 Å². The van der Waals surface area contributed by atoms with E-state index in [9.17, 15) is 35.5 Å². The number of amides is 1. The number of halogens is 7. The molecule has 13 heteroatoms. The van der Waals surface area contributed by atoms with Crippen LogP contribution >= 0.6 is 0 Å². The average Bonchev–Trinajstić information content (AvgIpc) is 3.49. The van der Waals surface area contributed by atoms with Crippen LogP contribution in [0.3, 0.4) is 0 Å². The highest BCUT2D eigenvalue weighted by atomic mass is 19.4. The molecule has 1 unspecified atom stereocenters. The molecule has 0 fully saturated rings. The van der Waals surface area contributed by atoms with Crippen molar-refractivity contribution in [3.63, 3.8) is 0 Å². The highest BCUT2D eigenvalue weighted by molar-refractivity contribution is 5.96. The van der Waals surface area contributed by atoms with Crippen molar-refractivity contribution in [1.82, 2.24) is 15.2 Å². The lowest BCUT2D eigenvalue weighted by atomic mass is 9.89. The molecule has 36 heavy (non-hydrogen) atoms. The molecule has 0 aliphatic heterocycles. The van der Waals surface area contributed by atoms with Crippen molar-refractivity contribution in [1.29, 1.82) is 0 Å². The van der Waals surface area contributed by atoms with Crippen LogP contribution in [0.4, 0.5) is 36.4 Å². The van der Waals surface area contributed by atoms with Crippen LogP contribution in [0.15, 0.2) is 65.3 Å². The molecule has 1 amide bonds. The number of hydrogen-bond acceptors (Lipinski definition) is 4. The third-order valence-electron chi connectivity index (χ3n) is 5.18. The summed E-state index contributed by atoms with van der Waals surface area (Å²) in [7, 11) is 0. The van der Waals surface area contributed by atoms with Gasteiger partial charge in [-0.3, -0.25) is 4.79 Å². The molecule has 4 rings (SSSR count). The van der Waals surface area contributed by atoms with E-state index in [4.69, 9.17) is 4.42 Å². The highest BCUT2D eigenvalue weighted by Crippen LogP contribution is 2.40. The molecular weight excluding hydrogens is 497 g/mol. The number of hydrogen-bond donors (Lipinski definition) is 2. The third-order valence-corrected chi connectivity index (χ3v) is 5.18. The van der Waals surface area contributed by atoms with Gasteiger partial charge in [0.2, 0.25) is 17.7 Å². The number of nitrogens with zero attached hydrogens (tertiary/aromatic N) is 2. The van der Waals surface area contributed by atoms with Gasteiger partial charge in [-0.15, -0.1) is 10.2 Å². The molecule has 0 aliphatic carbocycles. The van der Waals surface area contributed by atoms with Gasteiger partial charge in [0.05, 0.1) is 22.6 Å². The molecule has 0 radical (unpaired) electrons. The molecule has 2 N–H and O–H groups in total. The number of nitrogens with one attached hydrogen (secondary N) is 2. The topological polar surface area (TPSA) is 83.8 Å². The zero-order chi connectivity index (χ0) is 26.1. The summed E-state index contributed by atoms with van der Waals surface area (Å²) in [5.41, 5.74) is -3.35. The Kier molecular flexibility index (Phi) is 6.57. The first-order valence-corrected chi connectivity index (χ1v) is 10.2. The third kappa shape index (κ3) is 5.56. The Labute approximate surface area is 198 Å². The van der Waals surface area contributed by atoms with E-state index in [1.165, 1.54) is 18.3 Å². The first kappa shape index (κ1) is 24.9. The van der Waals surface area contributed by atoms with E-state index < -0.39 is 53.1 Å². The first-order chi connectivity index (χ1) is 16.9. The van der Waals surface area contributed by atoms with E-state index in [1.807, 2.05) is 0 Å². The van der Waals surface area contributed by atoms with Crippen molar-refractivity contribution >= 4 is 11.6 Å². The number of H-pyrrole nitrogens is 1. The Balaban J connectivity index is 1.76. The summed E-state index contributed by atoms with van der Waals surface area (Å²) >= 11 is 0. The minimum atomic E-state index is -5.21. The number of carbonyl (C=O) groups is 1. The Morgan fingerprint density at radius 1 is 0.972 bits per heavy atom. The van der Waals surface area contributed by atoms with Gasteiger partial charge < -0.3 is 14.7 Å². The number of benzene rings is 2. The summed E-state index contributed by atoms with van der Waals surface area (Å²) in [5, 5.41) is 9.92. The largest absolute Gasteiger partial charge is 0.421 e. The molecule has 2 aromatic heterocycles. The lowest BCUT2D eigenvalue weighted by Crippen LogP contribution is -2.26. The number of aromatic amines is 1. The second-order valence-corrected chi connectivity index (χ2v) is 7.65. The van der Waals surface area contributed by atoms with E-state index in [-0.39, 0.29) is 23.5 Å². The van der Waals surface area contributed by atoms with Gasteiger partial charge in [-0.2, -0.15) is 26.3 Å². The fourth-order valence-corrected chi connectivity index (χ4v) is 3.47. The van der Waals surface area contributed by atoms with Crippen molar-refractivity contribution in [2.75, 3.05) is 5.32 Å². The van der Waals surface area contributed by atoms with E-state index in [0.717, 1.165) is 12.1 Å². The molecule has 4 aromatic rings. The fraction of sp³-hybridized carbons (Fsp3) is 0.174. The van der Waals surface area contributed by atoms with Crippen LogP contribution in [0.5, 0.6) is 0 Å². The van der Waals surface area contributed by atoms with E-state index in [1.54, 1.807) is 12.3 Å². The molecule has 0 aliphatic rings. The van der Waals surface area contributed by atoms with Crippen molar-refractivity contribution in [3.8, 4) is 11.5 Å². The van der Waals surface area contributed by atoms with E-state index in [0.29, 0.717) is 17.7 Å². The second kappa shape index (κ2) is 9.47. The van der Waals surface area contributed by atoms with Gasteiger partial charge in [0, 0.05) is 24.5 Å². The average molecular weight is 512 g/mol. The summed E-state index contributed by atoms with van der Waals surface area (Å²) in [6.07, 6.45) is -7.72. The predicted octanol–water partition coefficient (Wildman–Crippen LogP) is 6.21. The van der Waals surface area contributed by atoms with Crippen molar-refractivity contribution in [3.05, 3.63) is 89.3 Å². The molecule has 2 heterocycles. The molecular formula is C23H15F7N4O2. The minimum absolute atomic E-state index is 0.0207. The molecule has 2 aromatic carbocycles. The van der Waals surface area contributed by atoms with Gasteiger partial charge in [0.15, 0.2) is 0 Å². The van der Waals surface area contributed by atoms with E-state index in [2.05, 4.69) is 20.5 Å². The number of alkyl halides is 6. The zero-order valence-electron chi connectivity index (χ0n) is 17.9. The molecule has 0 saturated carbocycles. The molecule has 6 nitrogen and oxygen atoms in total. The quantitative estimate of drug-likeness (QED) is 0.301. The van der Waals surface area contributed by atoms with Gasteiger partial charge >= 0.3 is 12.4 Å². The van der Waals surface area contributed by atoms with Crippen molar-refractivity contribution < 1.29 is 39.9 Å². The van der Waals surface area contributed by atoms with Gasteiger partial charge in [-0.25, -0.2) is 4.39 Å². The molecule has 188 valence electrons. The maximum absolute atomic E-state index is 13.8. The molecule has 0 spiro atoms. The second-order valence-electron chi connectivity index (χ2n) is 7.65.